The molecule has 0 unspecified atom stereocenters. The third-order valence-electron chi connectivity index (χ3n) is 8.33. The predicted octanol–water partition coefficient (Wildman–Crippen LogP) is 6.90. The maximum Gasteiger partial charge on any atom is 0.306 e. The van der Waals surface area contributed by atoms with Crippen LogP contribution in [0.1, 0.15) is 77.5 Å². The van der Waals surface area contributed by atoms with Crippen molar-refractivity contribution in [3.8, 4) is 11.8 Å². The van der Waals surface area contributed by atoms with Crippen LogP contribution < -0.4 is 4.43 Å². The first kappa shape index (κ1) is 22.9. The molecular weight excluding hydrogens is 418 g/mol. The molecule has 0 atom stereocenters. The summed E-state index contributed by atoms with van der Waals surface area (Å²) in [6, 6.07) is 8.70. The second kappa shape index (κ2) is 7.38. The van der Waals surface area contributed by atoms with E-state index in [1.54, 1.807) is 0 Å². The maximum absolute atomic E-state index is 11.5. The number of aliphatic carboxylic acids is 1. The van der Waals surface area contributed by atoms with Crippen molar-refractivity contribution >= 4 is 25.3 Å². The van der Waals surface area contributed by atoms with E-state index in [1.807, 2.05) is 12.1 Å². The van der Waals surface area contributed by atoms with Crippen molar-refractivity contribution in [3.05, 3.63) is 29.5 Å². The number of hydrogen-bond acceptors (Lipinski definition) is 4. The molecule has 0 aliphatic heterocycles. The molecule has 1 aromatic carbocycles. The summed E-state index contributed by atoms with van der Waals surface area (Å²) in [5, 5.41) is 20.7. The van der Waals surface area contributed by atoms with Crippen molar-refractivity contribution in [3.63, 3.8) is 0 Å². The van der Waals surface area contributed by atoms with E-state index < -0.39 is 19.7 Å². The van der Waals surface area contributed by atoms with Crippen molar-refractivity contribution in [2.75, 3.05) is 0 Å². The van der Waals surface area contributed by atoms with Crippen LogP contribution in [0.25, 0.3) is 11.0 Å². The lowest BCUT2D eigenvalue weighted by molar-refractivity contribution is -0.143. The smallest absolute Gasteiger partial charge is 0.306 e. The summed E-state index contributed by atoms with van der Waals surface area (Å²) in [6.45, 7) is 13.3. The molecule has 0 radical (unpaired) electrons. The van der Waals surface area contributed by atoms with Crippen LogP contribution in [0.15, 0.2) is 22.6 Å². The number of fused-ring (bicyclic) bond motifs is 1. The number of carboxylic acid groups (broad SMARTS) is 1. The fraction of sp³-hybridized carbons (Fsp3) is 0.615. The van der Waals surface area contributed by atoms with Gasteiger partial charge in [-0.3, -0.25) is 4.79 Å². The van der Waals surface area contributed by atoms with Crippen LogP contribution in [0.2, 0.25) is 18.1 Å². The Hall–Kier alpha value is -2.26. The Kier molecular flexibility index (Phi) is 5.28. The monoisotopic (exact) mass is 453 g/mol. The number of nitriles is 1. The van der Waals surface area contributed by atoms with Gasteiger partial charge in [0.05, 0.1) is 17.4 Å². The molecule has 1 aromatic heterocycles. The average Bonchev–Trinajstić information content (AvgIpc) is 3.30. The van der Waals surface area contributed by atoms with Crippen molar-refractivity contribution in [2.45, 2.75) is 95.2 Å². The Labute approximate surface area is 191 Å². The molecule has 1 N–H and O–H groups in total. The van der Waals surface area contributed by atoms with Crippen LogP contribution in [-0.4, -0.2) is 19.4 Å². The highest BCUT2D eigenvalue weighted by atomic mass is 28.4. The summed E-state index contributed by atoms with van der Waals surface area (Å²) in [5.41, 5.74) is 1.07. The van der Waals surface area contributed by atoms with Crippen LogP contribution in [0.4, 0.5) is 0 Å². The molecule has 1 heterocycles. The molecule has 0 bridgehead atoms. The lowest BCUT2D eigenvalue weighted by atomic mass is 9.67. The standard InChI is InChI=1S/C26H35NO4Si/c1-24(2,3)32(5,6)31-20-8-7-19(18-15-21(30-22(18)20)25(4)13-14-25)26(16-27)11-9-17(10-12-26)23(28)29/h7-8,15,17H,9-14H2,1-6H3,(H,28,29). The number of rotatable bonds is 5. The lowest BCUT2D eigenvalue weighted by Gasteiger charge is -2.37. The highest BCUT2D eigenvalue weighted by Crippen LogP contribution is 2.52. The fourth-order valence-corrected chi connectivity index (χ4v) is 5.57. The van der Waals surface area contributed by atoms with Crippen molar-refractivity contribution in [2.24, 2.45) is 5.92 Å². The first-order valence-corrected chi connectivity index (χ1v) is 14.6. The maximum atomic E-state index is 11.5. The SMILES string of the molecule is CC1(c2cc3c(C4(C#N)CCC(C(=O)O)CC4)ccc(O[Si](C)(C)C(C)(C)C)c3o2)CC1. The molecule has 0 amide bonds. The molecule has 2 aliphatic rings. The average molecular weight is 454 g/mol. The number of hydrogen-bond donors (Lipinski definition) is 1. The second-order valence-corrected chi connectivity index (χ2v) is 16.4. The zero-order chi connectivity index (χ0) is 23.5. The van der Waals surface area contributed by atoms with Gasteiger partial charge in [-0.2, -0.15) is 5.26 Å². The van der Waals surface area contributed by atoms with E-state index in [-0.39, 0.29) is 16.4 Å². The summed E-state index contributed by atoms with van der Waals surface area (Å²) in [7, 11) is -2.08. The van der Waals surface area contributed by atoms with E-state index in [0.717, 1.165) is 40.9 Å². The molecule has 2 aromatic rings. The topological polar surface area (TPSA) is 83.5 Å². The van der Waals surface area contributed by atoms with Crippen molar-refractivity contribution in [1.29, 1.82) is 5.26 Å². The van der Waals surface area contributed by atoms with Crippen molar-refractivity contribution in [1.82, 2.24) is 0 Å². The normalized spacial score (nSPS) is 25.3. The first-order valence-electron chi connectivity index (χ1n) is 11.7. The third-order valence-corrected chi connectivity index (χ3v) is 12.7. The van der Waals surface area contributed by atoms with Crippen molar-refractivity contribution < 1.29 is 18.7 Å². The minimum Gasteiger partial charge on any atom is -0.541 e. The Morgan fingerprint density at radius 3 is 2.34 bits per heavy atom. The van der Waals surface area contributed by atoms with Crippen LogP contribution in [0.3, 0.4) is 0 Å². The number of carboxylic acids is 1. The van der Waals surface area contributed by atoms with Gasteiger partial charge in [0.2, 0.25) is 0 Å². The molecule has 32 heavy (non-hydrogen) atoms. The Morgan fingerprint density at radius 1 is 1.22 bits per heavy atom. The van der Waals surface area contributed by atoms with Crippen LogP contribution >= 0.6 is 0 Å². The van der Waals surface area contributed by atoms with Gasteiger partial charge in [-0.1, -0.05) is 33.8 Å². The van der Waals surface area contributed by atoms with Gasteiger partial charge in [-0.05, 0) is 74.4 Å². The number of benzene rings is 1. The Morgan fingerprint density at radius 2 is 1.84 bits per heavy atom. The third kappa shape index (κ3) is 3.75. The summed E-state index contributed by atoms with van der Waals surface area (Å²) in [4.78, 5) is 11.5. The van der Waals surface area contributed by atoms with E-state index in [1.165, 1.54) is 0 Å². The second-order valence-electron chi connectivity index (χ2n) is 11.7. The lowest BCUT2D eigenvalue weighted by Crippen LogP contribution is -2.43. The van der Waals surface area contributed by atoms with Gasteiger partial charge in [0.15, 0.2) is 5.58 Å². The molecule has 5 nitrogen and oxygen atoms in total. The van der Waals surface area contributed by atoms with E-state index in [0.29, 0.717) is 25.7 Å². The van der Waals surface area contributed by atoms with E-state index in [2.05, 4.69) is 52.9 Å². The highest BCUT2D eigenvalue weighted by molar-refractivity contribution is 6.74. The van der Waals surface area contributed by atoms with Gasteiger partial charge in [0, 0.05) is 10.8 Å². The van der Waals surface area contributed by atoms with Gasteiger partial charge in [-0.25, -0.2) is 0 Å². The molecule has 4 rings (SSSR count). The van der Waals surface area contributed by atoms with E-state index in [9.17, 15) is 15.2 Å². The molecule has 0 spiro atoms. The summed E-state index contributed by atoms with van der Waals surface area (Å²) < 4.78 is 13.1. The Balaban J connectivity index is 1.82. The minimum absolute atomic E-state index is 0.0545. The van der Waals surface area contributed by atoms with Gasteiger partial charge in [0.1, 0.15) is 11.5 Å². The van der Waals surface area contributed by atoms with E-state index >= 15 is 0 Å². The minimum atomic E-state index is -2.08. The number of nitrogens with zero attached hydrogens (tertiary/aromatic N) is 1. The first-order chi connectivity index (χ1) is 14.8. The van der Waals surface area contributed by atoms with E-state index in [4.69, 9.17) is 8.84 Å². The molecule has 2 saturated carbocycles. The van der Waals surface area contributed by atoms with Gasteiger partial charge >= 0.3 is 5.97 Å². The number of carbonyl (C=O) groups is 1. The van der Waals surface area contributed by atoms with Gasteiger partial charge in [-0.15, -0.1) is 0 Å². The predicted molar refractivity (Wildman–Crippen MR) is 128 cm³/mol. The Bertz CT molecular complexity index is 1090. The van der Waals surface area contributed by atoms with Crippen LogP contribution in [0, 0.1) is 17.2 Å². The zero-order valence-corrected chi connectivity index (χ0v) is 21.2. The molecule has 2 fully saturated rings. The summed E-state index contributed by atoms with van der Waals surface area (Å²) in [5.74, 6) is 0.607. The molecule has 172 valence electrons. The highest BCUT2D eigenvalue weighted by Gasteiger charge is 2.45. The number of furan rings is 1. The van der Waals surface area contributed by atoms with Crippen LogP contribution in [0.5, 0.6) is 5.75 Å². The molecule has 2 aliphatic carbocycles. The quantitative estimate of drug-likeness (QED) is 0.498. The molecule has 6 heteroatoms. The summed E-state index contributed by atoms with van der Waals surface area (Å²) in [6.07, 6.45) is 4.35. The molecule has 0 saturated heterocycles. The summed E-state index contributed by atoms with van der Waals surface area (Å²) >= 11 is 0. The zero-order valence-electron chi connectivity index (χ0n) is 20.2. The van der Waals surface area contributed by atoms with Gasteiger partial charge < -0.3 is 13.9 Å². The molecular formula is C26H35NO4Si. The largest absolute Gasteiger partial charge is 0.541 e. The van der Waals surface area contributed by atoms with Crippen LogP contribution in [-0.2, 0) is 15.6 Å². The van der Waals surface area contributed by atoms with Gasteiger partial charge in [0.25, 0.3) is 8.32 Å². The fourth-order valence-electron chi connectivity index (χ4n) is 4.55.